The smallest absolute Gasteiger partial charge is 0.0616 e. The van der Waals surface area contributed by atoms with Gasteiger partial charge in [-0.3, -0.25) is 0 Å². The summed E-state index contributed by atoms with van der Waals surface area (Å²) >= 11 is 0. The first-order chi connectivity index (χ1) is 7.80. The van der Waals surface area contributed by atoms with Gasteiger partial charge in [-0.2, -0.15) is 0 Å². The molecule has 0 radical (unpaired) electrons. The van der Waals surface area contributed by atoms with Crippen LogP contribution in [0.4, 0.5) is 0 Å². The molecule has 0 saturated heterocycles. The summed E-state index contributed by atoms with van der Waals surface area (Å²) in [4.78, 5) is 0. The van der Waals surface area contributed by atoms with Crippen molar-refractivity contribution in [2.75, 3.05) is 20.3 Å². The van der Waals surface area contributed by atoms with Crippen LogP contribution in [0.1, 0.15) is 45.4 Å². The largest absolute Gasteiger partial charge is 0.396 e. The number of nitrogens with one attached hydrogen (secondary N) is 1. The molecule has 16 heavy (non-hydrogen) atoms. The number of rotatable bonds is 7. The van der Waals surface area contributed by atoms with Crippen molar-refractivity contribution in [2.45, 2.75) is 57.5 Å². The Kier molecular flexibility index (Phi) is 7.01. The molecule has 96 valence electrons. The van der Waals surface area contributed by atoms with Gasteiger partial charge in [-0.25, -0.2) is 0 Å². The van der Waals surface area contributed by atoms with Crippen LogP contribution < -0.4 is 5.32 Å². The van der Waals surface area contributed by atoms with Gasteiger partial charge in [0.05, 0.1) is 6.61 Å². The van der Waals surface area contributed by atoms with Crippen LogP contribution in [0.15, 0.2) is 0 Å². The monoisotopic (exact) mass is 229 g/mol. The molecule has 2 N–H and O–H groups in total. The Labute approximate surface area is 99.6 Å². The zero-order chi connectivity index (χ0) is 11.8. The predicted molar refractivity (Wildman–Crippen MR) is 66.5 cm³/mol. The summed E-state index contributed by atoms with van der Waals surface area (Å²) in [5, 5.41) is 12.6. The Morgan fingerprint density at radius 3 is 2.50 bits per heavy atom. The molecule has 0 spiro atoms. The summed E-state index contributed by atoms with van der Waals surface area (Å²) in [5.41, 5.74) is 0. The van der Waals surface area contributed by atoms with Crippen molar-refractivity contribution in [3.8, 4) is 0 Å². The zero-order valence-corrected chi connectivity index (χ0v) is 10.7. The van der Waals surface area contributed by atoms with Gasteiger partial charge in [0.15, 0.2) is 0 Å². The normalized spacial score (nSPS) is 27.9. The van der Waals surface area contributed by atoms with E-state index in [1.807, 2.05) is 0 Å². The SMILES string of the molecule is CCC1CCC(NC(CCO)COC)CC1. The average molecular weight is 229 g/mol. The van der Waals surface area contributed by atoms with Gasteiger partial charge in [-0.05, 0) is 38.0 Å². The zero-order valence-electron chi connectivity index (χ0n) is 10.7. The maximum Gasteiger partial charge on any atom is 0.0616 e. The highest BCUT2D eigenvalue weighted by molar-refractivity contribution is 4.80. The van der Waals surface area contributed by atoms with Gasteiger partial charge in [0.25, 0.3) is 0 Å². The second-order valence-electron chi connectivity index (χ2n) is 4.96. The van der Waals surface area contributed by atoms with E-state index in [1.165, 1.54) is 32.1 Å². The molecule has 1 saturated carbocycles. The third kappa shape index (κ3) is 4.81. The molecule has 0 aromatic carbocycles. The van der Waals surface area contributed by atoms with Crippen molar-refractivity contribution in [3.63, 3.8) is 0 Å². The number of hydrogen-bond donors (Lipinski definition) is 2. The molecule has 1 aliphatic carbocycles. The minimum Gasteiger partial charge on any atom is -0.396 e. The quantitative estimate of drug-likeness (QED) is 0.701. The number of aliphatic hydroxyl groups is 1. The van der Waals surface area contributed by atoms with Crippen LogP contribution in [0.3, 0.4) is 0 Å². The first kappa shape index (κ1) is 13.9. The van der Waals surface area contributed by atoms with Crippen LogP contribution in [-0.4, -0.2) is 37.5 Å². The van der Waals surface area contributed by atoms with E-state index in [0.717, 1.165) is 12.3 Å². The molecule has 0 aromatic heterocycles. The third-order valence-corrected chi connectivity index (χ3v) is 3.74. The van der Waals surface area contributed by atoms with E-state index in [9.17, 15) is 0 Å². The molecule has 0 aromatic rings. The Balaban J connectivity index is 2.24. The number of methoxy groups -OCH3 is 1. The molecule has 1 atom stereocenters. The highest BCUT2D eigenvalue weighted by Gasteiger charge is 2.21. The fourth-order valence-corrected chi connectivity index (χ4v) is 2.64. The van der Waals surface area contributed by atoms with E-state index in [0.29, 0.717) is 18.7 Å². The van der Waals surface area contributed by atoms with Gasteiger partial charge in [0, 0.05) is 25.8 Å². The lowest BCUT2D eigenvalue weighted by atomic mass is 9.84. The van der Waals surface area contributed by atoms with E-state index in [1.54, 1.807) is 7.11 Å². The molecular formula is C13H27NO2. The number of aliphatic hydroxyl groups excluding tert-OH is 1. The lowest BCUT2D eigenvalue weighted by Gasteiger charge is -2.31. The van der Waals surface area contributed by atoms with E-state index in [2.05, 4.69) is 12.2 Å². The summed E-state index contributed by atoms with van der Waals surface area (Å²) in [6.45, 7) is 3.23. The van der Waals surface area contributed by atoms with Crippen molar-refractivity contribution in [3.05, 3.63) is 0 Å². The van der Waals surface area contributed by atoms with Gasteiger partial charge in [-0.1, -0.05) is 13.3 Å². The van der Waals surface area contributed by atoms with Crippen molar-refractivity contribution in [2.24, 2.45) is 5.92 Å². The van der Waals surface area contributed by atoms with Gasteiger partial charge in [0.1, 0.15) is 0 Å². The van der Waals surface area contributed by atoms with Crippen molar-refractivity contribution >= 4 is 0 Å². The van der Waals surface area contributed by atoms with E-state index in [4.69, 9.17) is 9.84 Å². The minimum atomic E-state index is 0.241. The average Bonchev–Trinajstić information content (AvgIpc) is 2.31. The number of hydrogen-bond acceptors (Lipinski definition) is 3. The topological polar surface area (TPSA) is 41.5 Å². The van der Waals surface area contributed by atoms with Crippen molar-refractivity contribution in [1.29, 1.82) is 0 Å². The Hall–Kier alpha value is -0.120. The molecule has 3 heteroatoms. The third-order valence-electron chi connectivity index (χ3n) is 3.74. The van der Waals surface area contributed by atoms with Gasteiger partial charge >= 0.3 is 0 Å². The van der Waals surface area contributed by atoms with Crippen LogP contribution in [0.2, 0.25) is 0 Å². The predicted octanol–water partition coefficient (Wildman–Crippen LogP) is 1.94. The molecule has 0 heterocycles. The van der Waals surface area contributed by atoms with Gasteiger partial charge < -0.3 is 15.2 Å². The Bertz CT molecular complexity index is 161. The van der Waals surface area contributed by atoms with Crippen LogP contribution >= 0.6 is 0 Å². The fourth-order valence-electron chi connectivity index (χ4n) is 2.64. The van der Waals surface area contributed by atoms with E-state index in [-0.39, 0.29) is 6.61 Å². The molecule has 0 amide bonds. The standard InChI is InChI=1S/C13H27NO2/c1-3-11-4-6-12(7-5-11)14-13(8-9-15)10-16-2/h11-15H,3-10H2,1-2H3. The molecule has 1 unspecified atom stereocenters. The van der Waals surface area contributed by atoms with E-state index < -0.39 is 0 Å². The van der Waals surface area contributed by atoms with E-state index >= 15 is 0 Å². The maximum atomic E-state index is 8.98. The lowest BCUT2D eigenvalue weighted by molar-refractivity contribution is 0.134. The van der Waals surface area contributed by atoms with Gasteiger partial charge in [-0.15, -0.1) is 0 Å². The Morgan fingerprint density at radius 2 is 2.00 bits per heavy atom. The second kappa shape index (κ2) is 8.04. The second-order valence-corrected chi connectivity index (χ2v) is 4.96. The first-order valence-electron chi connectivity index (χ1n) is 6.66. The molecule has 0 bridgehead atoms. The lowest BCUT2D eigenvalue weighted by Crippen LogP contribution is -2.43. The maximum absolute atomic E-state index is 8.98. The molecular weight excluding hydrogens is 202 g/mol. The molecule has 1 aliphatic rings. The first-order valence-corrected chi connectivity index (χ1v) is 6.66. The van der Waals surface area contributed by atoms with Crippen LogP contribution in [-0.2, 0) is 4.74 Å². The Morgan fingerprint density at radius 1 is 1.31 bits per heavy atom. The minimum absolute atomic E-state index is 0.241. The summed E-state index contributed by atoms with van der Waals surface area (Å²) < 4.78 is 5.17. The highest BCUT2D eigenvalue weighted by atomic mass is 16.5. The summed E-state index contributed by atoms with van der Waals surface area (Å²) in [6, 6.07) is 0.952. The molecule has 3 nitrogen and oxygen atoms in total. The van der Waals surface area contributed by atoms with Crippen molar-refractivity contribution < 1.29 is 9.84 Å². The summed E-state index contributed by atoms with van der Waals surface area (Å²) in [6.07, 6.45) is 7.39. The van der Waals surface area contributed by atoms with Crippen LogP contribution in [0.5, 0.6) is 0 Å². The van der Waals surface area contributed by atoms with Crippen LogP contribution in [0.25, 0.3) is 0 Å². The van der Waals surface area contributed by atoms with Gasteiger partial charge in [0.2, 0.25) is 0 Å². The fraction of sp³-hybridized carbons (Fsp3) is 1.00. The van der Waals surface area contributed by atoms with Crippen LogP contribution in [0, 0.1) is 5.92 Å². The highest BCUT2D eigenvalue weighted by Crippen LogP contribution is 2.26. The van der Waals surface area contributed by atoms with Crippen molar-refractivity contribution in [1.82, 2.24) is 5.32 Å². The molecule has 1 rings (SSSR count). The number of ether oxygens (including phenoxy) is 1. The molecule has 1 fully saturated rings. The summed E-state index contributed by atoms with van der Waals surface area (Å²) in [5.74, 6) is 0.941. The summed E-state index contributed by atoms with van der Waals surface area (Å²) in [7, 11) is 1.72. The molecule has 0 aliphatic heterocycles.